The normalized spacial score (nSPS) is 23.4. The van der Waals surface area contributed by atoms with Gasteiger partial charge in [0.05, 0.1) is 6.54 Å². The molecule has 1 aromatic heterocycles. The van der Waals surface area contributed by atoms with Gasteiger partial charge in [-0.2, -0.15) is 0 Å². The highest BCUT2D eigenvalue weighted by molar-refractivity contribution is 9.13. The van der Waals surface area contributed by atoms with Crippen molar-refractivity contribution in [2.75, 3.05) is 20.3 Å². The molecule has 1 saturated heterocycles. The summed E-state index contributed by atoms with van der Waals surface area (Å²) in [4.78, 5) is 14.5. The lowest BCUT2D eigenvalue weighted by atomic mass is 9.98. The van der Waals surface area contributed by atoms with Crippen molar-refractivity contribution >= 4 is 54.3 Å². The largest absolute Gasteiger partial charge is 0.622 e. The topological polar surface area (TPSA) is 87.6 Å². The molecule has 0 radical (unpaired) electrons. The van der Waals surface area contributed by atoms with Crippen LogP contribution in [-0.2, 0) is 14.9 Å². The Labute approximate surface area is 196 Å². The minimum absolute atomic E-state index is 0.131. The van der Waals surface area contributed by atoms with Gasteiger partial charge in [0.25, 0.3) is 6.23 Å². The number of halogens is 2. The zero-order valence-electron chi connectivity index (χ0n) is 17.4. The Kier molecular flexibility index (Phi) is 6.90. The summed E-state index contributed by atoms with van der Waals surface area (Å²) in [7, 11) is 1.81. The first-order chi connectivity index (χ1) is 13.9. The van der Waals surface area contributed by atoms with Crippen molar-refractivity contribution in [3.63, 3.8) is 0 Å². The van der Waals surface area contributed by atoms with Crippen molar-refractivity contribution in [2.24, 2.45) is 0 Å². The molecule has 0 spiro atoms. The van der Waals surface area contributed by atoms with E-state index in [9.17, 15) is 10.0 Å². The van der Waals surface area contributed by atoms with Crippen LogP contribution in [0.15, 0.2) is 27.1 Å². The number of rotatable bonds is 5. The minimum Gasteiger partial charge on any atom is -0.622 e. The molecule has 0 N–H and O–H groups in total. The van der Waals surface area contributed by atoms with Gasteiger partial charge in [-0.05, 0) is 75.4 Å². The summed E-state index contributed by atoms with van der Waals surface area (Å²) in [5, 5.41) is 23.0. The van der Waals surface area contributed by atoms with Gasteiger partial charge in [-0.25, -0.2) is 9.69 Å². The maximum absolute atomic E-state index is 13.7. The summed E-state index contributed by atoms with van der Waals surface area (Å²) in [6, 6.07) is 5.30. The fourth-order valence-electron chi connectivity index (χ4n) is 2.92. The highest BCUT2D eigenvalue weighted by Gasteiger charge is 2.46. The van der Waals surface area contributed by atoms with Crippen LogP contribution in [0.3, 0.4) is 0 Å². The molecule has 0 aliphatic carbocycles. The van der Waals surface area contributed by atoms with Gasteiger partial charge in [-0.3, -0.25) is 4.65 Å². The molecule has 1 aliphatic rings. The second-order valence-electron chi connectivity index (χ2n) is 8.34. The first kappa shape index (κ1) is 23.6. The Morgan fingerprint density at radius 2 is 2.03 bits per heavy atom. The number of carbonyl (C=O) groups excluding carboxylic acids is 1. The summed E-state index contributed by atoms with van der Waals surface area (Å²) < 4.78 is 12.1. The van der Waals surface area contributed by atoms with Crippen molar-refractivity contribution in [3.05, 3.63) is 37.4 Å². The van der Waals surface area contributed by atoms with Crippen LogP contribution in [0.1, 0.15) is 32.7 Å². The number of nitrogens with zero attached hydrogens (tertiary/aromatic N) is 4. The Morgan fingerprint density at radius 3 is 2.63 bits per heavy atom. The molecule has 0 bridgehead atoms. The van der Waals surface area contributed by atoms with Gasteiger partial charge in [0.1, 0.15) is 17.4 Å². The van der Waals surface area contributed by atoms with E-state index in [1.54, 1.807) is 19.1 Å². The van der Waals surface area contributed by atoms with Crippen LogP contribution in [0, 0.1) is 5.21 Å². The molecule has 0 amide bonds. The smallest absolute Gasteiger partial charge is 0.351 e. The van der Waals surface area contributed by atoms with Crippen LogP contribution in [0.5, 0.6) is 5.75 Å². The molecule has 1 fully saturated rings. The summed E-state index contributed by atoms with van der Waals surface area (Å²) in [5.74, 6) is -0.0897. The van der Waals surface area contributed by atoms with Gasteiger partial charge in [0, 0.05) is 14.4 Å². The van der Waals surface area contributed by atoms with Gasteiger partial charge < -0.3 is 14.7 Å². The molecule has 1 aliphatic heterocycles. The van der Waals surface area contributed by atoms with Crippen LogP contribution >= 0.6 is 43.2 Å². The fourth-order valence-corrected chi connectivity index (χ4v) is 4.49. The molecule has 11 heteroatoms. The van der Waals surface area contributed by atoms with Crippen molar-refractivity contribution < 1.29 is 14.3 Å². The Balaban J connectivity index is 1.74. The predicted octanol–water partition coefficient (Wildman–Crippen LogP) is 4.41. The molecule has 164 valence electrons. The Hall–Kier alpha value is -1.11. The van der Waals surface area contributed by atoms with Gasteiger partial charge >= 0.3 is 11.1 Å². The van der Waals surface area contributed by atoms with Crippen LogP contribution in [-0.4, -0.2) is 53.7 Å². The number of likely N-dealkylation sites (N-methyl/N-ethyl adjacent to an activating group) is 1. The molecule has 2 aromatic rings. The highest BCUT2D eigenvalue weighted by atomic mass is 79.9. The van der Waals surface area contributed by atoms with E-state index in [-0.39, 0.29) is 17.2 Å². The average Bonchev–Trinajstić information content (AvgIpc) is 3.24. The number of quaternary nitrogens is 1. The van der Waals surface area contributed by atoms with E-state index in [0.717, 1.165) is 14.0 Å². The predicted molar refractivity (Wildman–Crippen MR) is 123 cm³/mol. The first-order valence-corrected chi connectivity index (χ1v) is 11.7. The SMILES string of the molecule is CC(Oc1ccc(Br)c(Br)c1)C(=O)OC1CN(C)C[N+]1([O-])c1nnc(C(C)(C)C)s1. The maximum Gasteiger partial charge on any atom is 0.351 e. The van der Waals surface area contributed by atoms with Crippen LogP contribution in [0.4, 0.5) is 5.13 Å². The van der Waals surface area contributed by atoms with Gasteiger partial charge in [0.15, 0.2) is 6.10 Å². The molecule has 30 heavy (non-hydrogen) atoms. The second-order valence-corrected chi connectivity index (χ2v) is 11.0. The zero-order chi connectivity index (χ0) is 22.3. The molecular weight excluding hydrogens is 540 g/mol. The third-order valence-corrected chi connectivity index (χ3v) is 7.89. The van der Waals surface area contributed by atoms with E-state index >= 15 is 0 Å². The fraction of sp³-hybridized carbons (Fsp3) is 0.526. The van der Waals surface area contributed by atoms with E-state index in [4.69, 9.17) is 9.47 Å². The van der Waals surface area contributed by atoms with E-state index in [1.165, 1.54) is 11.3 Å². The monoisotopic (exact) mass is 562 g/mol. The van der Waals surface area contributed by atoms with E-state index < -0.39 is 22.9 Å². The number of hydrogen-bond donors (Lipinski definition) is 0. The van der Waals surface area contributed by atoms with Crippen molar-refractivity contribution in [3.8, 4) is 5.75 Å². The van der Waals surface area contributed by atoms with Crippen molar-refractivity contribution in [2.45, 2.75) is 45.4 Å². The van der Waals surface area contributed by atoms with Crippen LogP contribution < -0.4 is 9.38 Å². The van der Waals surface area contributed by atoms with Crippen molar-refractivity contribution in [1.29, 1.82) is 0 Å². The lowest BCUT2D eigenvalue weighted by Crippen LogP contribution is -2.51. The summed E-state index contributed by atoms with van der Waals surface area (Å²) in [6.07, 6.45) is -1.82. The first-order valence-electron chi connectivity index (χ1n) is 9.34. The molecule has 3 unspecified atom stereocenters. The number of benzene rings is 1. The zero-order valence-corrected chi connectivity index (χ0v) is 21.4. The highest BCUT2D eigenvalue weighted by Crippen LogP contribution is 2.37. The molecule has 1 aromatic carbocycles. The number of hydrogen-bond acceptors (Lipinski definition) is 8. The molecular formula is C19H24Br2N4O4S. The van der Waals surface area contributed by atoms with Gasteiger partial charge in [0.2, 0.25) is 0 Å². The average molecular weight is 564 g/mol. The number of hydroxylamine groups is 2. The Morgan fingerprint density at radius 1 is 1.33 bits per heavy atom. The third kappa shape index (κ3) is 5.03. The summed E-state index contributed by atoms with van der Waals surface area (Å²) >= 11 is 8.06. The molecule has 0 saturated carbocycles. The summed E-state index contributed by atoms with van der Waals surface area (Å²) in [6.45, 7) is 8.07. The third-order valence-electron chi connectivity index (χ3n) is 4.55. The quantitative estimate of drug-likeness (QED) is 0.302. The van der Waals surface area contributed by atoms with Gasteiger partial charge in [-0.1, -0.05) is 25.9 Å². The van der Waals surface area contributed by atoms with Crippen molar-refractivity contribution in [1.82, 2.24) is 19.7 Å². The van der Waals surface area contributed by atoms with Crippen LogP contribution in [0.25, 0.3) is 0 Å². The molecule has 3 atom stereocenters. The number of ether oxygens (including phenoxy) is 2. The lowest BCUT2D eigenvalue weighted by Gasteiger charge is -2.38. The standard InChI is InChI=1S/C19H24Br2N4O4S/c1-11(28-12-6-7-13(20)14(21)8-12)16(26)29-15-9-24(5)10-25(15,27)18-23-22-17(30-18)19(2,3)4/h6-8,11,15H,9-10H2,1-5H3. The van der Waals surface area contributed by atoms with E-state index in [0.29, 0.717) is 12.3 Å². The van der Waals surface area contributed by atoms with E-state index in [2.05, 4.69) is 42.1 Å². The van der Waals surface area contributed by atoms with Crippen LogP contribution in [0.2, 0.25) is 0 Å². The second kappa shape index (κ2) is 8.79. The minimum atomic E-state index is -0.939. The number of carbonyl (C=O) groups is 1. The molecule has 2 heterocycles. The van der Waals surface area contributed by atoms with Gasteiger partial charge in [-0.15, -0.1) is 5.10 Å². The maximum atomic E-state index is 13.7. The number of esters is 1. The number of aromatic nitrogens is 2. The molecule has 8 nitrogen and oxygen atoms in total. The van der Waals surface area contributed by atoms with E-state index in [1.807, 2.05) is 38.8 Å². The Bertz CT molecular complexity index is 935. The lowest BCUT2D eigenvalue weighted by molar-refractivity contribution is -0.161. The molecule has 3 rings (SSSR count). The summed E-state index contributed by atoms with van der Waals surface area (Å²) in [5.41, 5.74) is -0.214.